The standard InChI is InChI=1S/C43H26N4S/c1-3-12-27(13-4-1)41-44-42(28-14-5-2-6-15-28)46-43(45-41)34-23-25-39-40-32(34)18-11-19-33(40)35-26-29(22-24-38(35)48-39)47-36-20-9-7-16-30(36)31-17-8-10-21-37(31)47/h1-26H. The topological polar surface area (TPSA) is 43.6 Å². The Bertz CT molecular complexity index is 2590. The molecular weight excluding hydrogens is 605 g/mol. The number of benzene rings is 7. The van der Waals surface area contributed by atoms with Crippen molar-refractivity contribution in [2.45, 2.75) is 9.79 Å². The zero-order valence-electron chi connectivity index (χ0n) is 25.7. The summed E-state index contributed by atoms with van der Waals surface area (Å²) in [7, 11) is 0. The number of rotatable bonds is 4. The highest BCUT2D eigenvalue weighted by Gasteiger charge is 2.23. The van der Waals surface area contributed by atoms with Crippen LogP contribution in [0.25, 0.3) is 83.6 Å². The van der Waals surface area contributed by atoms with Crippen molar-refractivity contribution in [1.29, 1.82) is 0 Å². The molecule has 0 atom stereocenters. The number of fused-ring (bicyclic) bond motifs is 5. The van der Waals surface area contributed by atoms with E-state index in [9.17, 15) is 0 Å². The maximum atomic E-state index is 5.07. The van der Waals surface area contributed by atoms with Gasteiger partial charge in [-0.25, -0.2) is 15.0 Å². The van der Waals surface area contributed by atoms with Crippen LogP contribution in [-0.2, 0) is 0 Å². The molecule has 0 N–H and O–H groups in total. The van der Waals surface area contributed by atoms with Gasteiger partial charge >= 0.3 is 0 Å². The summed E-state index contributed by atoms with van der Waals surface area (Å²) in [5.41, 5.74) is 8.95. The average Bonchev–Trinajstić information content (AvgIpc) is 3.50. The Morgan fingerprint density at radius 2 is 0.958 bits per heavy atom. The molecule has 4 nitrogen and oxygen atoms in total. The highest BCUT2D eigenvalue weighted by Crippen LogP contribution is 2.50. The summed E-state index contributed by atoms with van der Waals surface area (Å²) in [6.45, 7) is 0. The lowest BCUT2D eigenvalue weighted by atomic mass is 9.94. The van der Waals surface area contributed by atoms with Crippen LogP contribution in [0.4, 0.5) is 0 Å². The number of para-hydroxylation sites is 2. The smallest absolute Gasteiger partial charge is 0.164 e. The van der Waals surface area contributed by atoms with Crippen molar-refractivity contribution in [2.75, 3.05) is 0 Å². The first-order valence-corrected chi connectivity index (χ1v) is 16.9. The Labute approximate surface area is 281 Å². The van der Waals surface area contributed by atoms with Gasteiger partial charge in [0.2, 0.25) is 0 Å². The maximum absolute atomic E-state index is 5.07. The fourth-order valence-electron chi connectivity index (χ4n) is 7.08. The molecule has 1 aliphatic rings. The van der Waals surface area contributed by atoms with Gasteiger partial charge in [0.05, 0.1) is 11.0 Å². The van der Waals surface area contributed by atoms with Crippen molar-refractivity contribution < 1.29 is 0 Å². The summed E-state index contributed by atoms with van der Waals surface area (Å²) < 4.78 is 2.39. The van der Waals surface area contributed by atoms with Crippen LogP contribution in [-0.4, -0.2) is 19.5 Å². The van der Waals surface area contributed by atoms with E-state index in [1.165, 1.54) is 48.1 Å². The van der Waals surface area contributed by atoms with Gasteiger partial charge in [0, 0.05) is 48.3 Å². The third kappa shape index (κ3) is 4.21. The molecule has 224 valence electrons. The Kier molecular flexibility index (Phi) is 6.08. The van der Waals surface area contributed by atoms with Gasteiger partial charge in [-0.2, -0.15) is 0 Å². The first kappa shape index (κ1) is 27.1. The molecule has 2 aromatic heterocycles. The quantitative estimate of drug-likeness (QED) is 0.194. The minimum atomic E-state index is 0.662. The second-order valence-electron chi connectivity index (χ2n) is 12.0. The molecular formula is C43H26N4S. The molecule has 0 spiro atoms. The predicted molar refractivity (Wildman–Crippen MR) is 198 cm³/mol. The van der Waals surface area contributed by atoms with E-state index in [0.717, 1.165) is 27.8 Å². The van der Waals surface area contributed by atoms with Gasteiger partial charge in [-0.05, 0) is 59.0 Å². The van der Waals surface area contributed by atoms with Crippen molar-refractivity contribution in [3.63, 3.8) is 0 Å². The van der Waals surface area contributed by atoms with E-state index >= 15 is 0 Å². The van der Waals surface area contributed by atoms with Crippen LogP contribution in [0.5, 0.6) is 0 Å². The Morgan fingerprint density at radius 1 is 0.396 bits per heavy atom. The monoisotopic (exact) mass is 630 g/mol. The van der Waals surface area contributed by atoms with E-state index in [2.05, 4.69) is 102 Å². The number of nitrogens with zero attached hydrogens (tertiary/aromatic N) is 4. The second-order valence-corrected chi connectivity index (χ2v) is 13.1. The van der Waals surface area contributed by atoms with Gasteiger partial charge in [0.25, 0.3) is 0 Å². The van der Waals surface area contributed by atoms with Crippen LogP contribution < -0.4 is 0 Å². The number of aromatic nitrogens is 4. The van der Waals surface area contributed by atoms with Crippen molar-refractivity contribution in [3.8, 4) is 51.0 Å². The Hall–Kier alpha value is -6.04. The summed E-state index contributed by atoms with van der Waals surface area (Å²) in [6, 6.07) is 55.6. The Morgan fingerprint density at radius 3 is 1.62 bits per heavy atom. The molecule has 0 bridgehead atoms. The summed E-state index contributed by atoms with van der Waals surface area (Å²) in [6.07, 6.45) is 0. The molecule has 0 amide bonds. The van der Waals surface area contributed by atoms with Crippen molar-refractivity contribution in [3.05, 3.63) is 158 Å². The molecule has 9 aromatic rings. The molecule has 7 aromatic carbocycles. The van der Waals surface area contributed by atoms with Gasteiger partial charge in [0.15, 0.2) is 17.5 Å². The molecule has 1 aliphatic heterocycles. The van der Waals surface area contributed by atoms with Crippen molar-refractivity contribution in [2.24, 2.45) is 0 Å². The fourth-order valence-corrected chi connectivity index (χ4v) is 8.19. The molecule has 0 unspecified atom stereocenters. The first-order chi connectivity index (χ1) is 23.8. The molecule has 0 radical (unpaired) electrons. The van der Waals surface area contributed by atoms with Crippen LogP contribution in [0.15, 0.2) is 168 Å². The van der Waals surface area contributed by atoms with E-state index in [0.29, 0.717) is 17.5 Å². The second kappa shape index (κ2) is 10.8. The molecule has 0 saturated carbocycles. The first-order valence-electron chi connectivity index (χ1n) is 16.0. The maximum Gasteiger partial charge on any atom is 0.164 e. The molecule has 0 aliphatic carbocycles. The van der Waals surface area contributed by atoms with Gasteiger partial charge in [-0.3, -0.25) is 0 Å². The summed E-state index contributed by atoms with van der Waals surface area (Å²) in [4.78, 5) is 17.6. The van der Waals surface area contributed by atoms with Crippen molar-refractivity contribution >= 4 is 44.3 Å². The summed E-state index contributed by atoms with van der Waals surface area (Å²) in [5, 5.41) is 4.89. The zero-order chi connectivity index (χ0) is 31.6. The van der Waals surface area contributed by atoms with Gasteiger partial charge in [-0.1, -0.05) is 127 Å². The molecule has 0 saturated heterocycles. The van der Waals surface area contributed by atoms with E-state index in [-0.39, 0.29) is 0 Å². The zero-order valence-corrected chi connectivity index (χ0v) is 26.5. The van der Waals surface area contributed by atoms with Crippen LogP contribution in [0.1, 0.15) is 0 Å². The lowest BCUT2D eigenvalue weighted by molar-refractivity contribution is 1.08. The van der Waals surface area contributed by atoms with E-state index in [4.69, 9.17) is 15.0 Å². The highest BCUT2D eigenvalue weighted by molar-refractivity contribution is 7.99. The summed E-state index contributed by atoms with van der Waals surface area (Å²) in [5.74, 6) is 1.99. The van der Waals surface area contributed by atoms with Crippen molar-refractivity contribution in [1.82, 2.24) is 19.5 Å². The molecule has 10 rings (SSSR count). The van der Waals surface area contributed by atoms with Crippen LogP contribution >= 0.6 is 11.8 Å². The average molecular weight is 631 g/mol. The van der Waals surface area contributed by atoms with Crippen LogP contribution in [0.2, 0.25) is 0 Å². The van der Waals surface area contributed by atoms with Gasteiger partial charge in [0.1, 0.15) is 0 Å². The van der Waals surface area contributed by atoms with E-state index < -0.39 is 0 Å². The van der Waals surface area contributed by atoms with Gasteiger partial charge in [-0.15, -0.1) is 0 Å². The minimum absolute atomic E-state index is 0.662. The molecule has 3 heterocycles. The minimum Gasteiger partial charge on any atom is -0.309 e. The third-order valence-electron chi connectivity index (χ3n) is 9.25. The third-order valence-corrected chi connectivity index (χ3v) is 10.4. The summed E-state index contributed by atoms with van der Waals surface area (Å²) >= 11 is 1.83. The lowest BCUT2D eigenvalue weighted by Crippen LogP contribution is -2.02. The normalized spacial score (nSPS) is 12.1. The number of hydrogen-bond acceptors (Lipinski definition) is 4. The van der Waals surface area contributed by atoms with Crippen LogP contribution in [0.3, 0.4) is 0 Å². The van der Waals surface area contributed by atoms with E-state index in [1.54, 1.807) is 0 Å². The SMILES string of the molecule is c1ccc(-c2nc(-c3ccccc3)nc(-c3ccc4c5c(cccc35)-c3cc(-n5c6ccccc6c6ccccc65)ccc3S4)n2)cc1. The van der Waals surface area contributed by atoms with Crippen LogP contribution in [0, 0.1) is 0 Å². The number of hydrogen-bond donors (Lipinski definition) is 0. The fraction of sp³-hybridized carbons (Fsp3) is 0. The Balaban J connectivity index is 1.18. The highest BCUT2D eigenvalue weighted by atomic mass is 32.2. The van der Waals surface area contributed by atoms with Gasteiger partial charge < -0.3 is 4.57 Å². The molecule has 0 fully saturated rings. The van der Waals surface area contributed by atoms with E-state index in [1.807, 2.05) is 72.4 Å². The molecule has 5 heteroatoms. The molecule has 48 heavy (non-hydrogen) atoms. The largest absolute Gasteiger partial charge is 0.309 e. The lowest BCUT2D eigenvalue weighted by Gasteiger charge is -2.22. The predicted octanol–water partition coefficient (Wildman–Crippen LogP) is 11.3.